The molecule has 1 heterocycles. The molecule has 1 aliphatic rings. The molecule has 0 aromatic heterocycles. The highest BCUT2D eigenvalue weighted by Gasteiger charge is 2.29. The van der Waals surface area contributed by atoms with Gasteiger partial charge in [-0.05, 0) is 24.1 Å². The fraction of sp³-hybridized carbons (Fsp3) is 0.500. The van der Waals surface area contributed by atoms with Crippen LogP contribution in [0.25, 0.3) is 0 Å². The summed E-state index contributed by atoms with van der Waals surface area (Å²) < 4.78 is 15.2. The zero-order valence-electron chi connectivity index (χ0n) is 10.7. The van der Waals surface area contributed by atoms with Crippen molar-refractivity contribution >= 4 is 5.97 Å². The average molecular weight is 250 g/mol. The van der Waals surface area contributed by atoms with Crippen molar-refractivity contribution in [2.75, 3.05) is 27.4 Å². The molecule has 4 nitrogen and oxygen atoms in total. The summed E-state index contributed by atoms with van der Waals surface area (Å²) >= 11 is 0. The number of carbonyl (C=O) groups is 1. The van der Waals surface area contributed by atoms with Crippen LogP contribution in [0.15, 0.2) is 24.3 Å². The van der Waals surface area contributed by atoms with Crippen LogP contribution in [0.1, 0.15) is 17.9 Å². The number of hydrogen-bond donors (Lipinski definition) is 0. The lowest BCUT2D eigenvalue weighted by Crippen LogP contribution is -2.31. The summed E-state index contributed by atoms with van der Waals surface area (Å²) in [5.74, 6) is 0.765. The van der Waals surface area contributed by atoms with Crippen molar-refractivity contribution < 1.29 is 19.0 Å². The van der Waals surface area contributed by atoms with Gasteiger partial charge < -0.3 is 14.2 Å². The molecule has 1 aliphatic heterocycles. The van der Waals surface area contributed by atoms with Crippen LogP contribution in [0.4, 0.5) is 0 Å². The molecule has 0 bridgehead atoms. The normalized spacial score (nSPS) is 16.8. The average Bonchev–Trinajstić information content (AvgIpc) is 2.37. The highest BCUT2D eigenvalue weighted by molar-refractivity contribution is 5.78. The zero-order valence-corrected chi connectivity index (χ0v) is 10.7. The van der Waals surface area contributed by atoms with Crippen LogP contribution in [-0.2, 0) is 14.3 Å². The maximum Gasteiger partial charge on any atom is 0.313 e. The van der Waals surface area contributed by atoms with Crippen molar-refractivity contribution in [3.8, 4) is 5.75 Å². The van der Waals surface area contributed by atoms with Crippen molar-refractivity contribution in [3.05, 3.63) is 29.8 Å². The monoisotopic (exact) mass is 250 g/mol. The maximum absolute atomic E-state index is 11.9. The maximum atomic E-state index is 11.9. The van der Waals surface area contributed by atoms with Gasteiger partial charge in [0.1, 0.15) is 5.75 Å². The van der Waals surface area contributed by atoms with Crippen LogP contribution in [0.3, 0.4) is 0 Å². The molecular weight excluding hydrogens is 232 g/mol. The van der Waals surface area contributed by atoms with Gasteiger partial charge in [-0.3, -0.25) is 4.79 Å². The van der Waals surface area contributed by atoms with Crippen molar-refractivity contribution in [1.29, 1.82) is 0 Å². The molecular formula is C14H18O4. The Morgan fingerprint density at radius 3 is 2.78 bits per heavy atom. The minimum Gasteiger partial charge on any atom is -0.497 e. The fourth-order valence-electron chi connectivity index (χ4n) is 2.12. The minimum atomic E-state index is -0.237. The van der Waals surface area contributed by atoms with Crippen LogP contribution < -0.4 is 4.74 Å². The van der Waals surface area contributed by atoms with Crippen LogP contribution in [-0.4, -0.2) is 33.4 Å². The zero-order chi connectivity index (χ0) is 13.0. The molecule has 0 saturated carbocycles. The number of esters is 1. The molecule has 0 spiro atoms. The Morgan fingerprint density at radius 2 is 2.22 bits per heavy atom. The van der Waals surface area contributed by atoms with Crippen molar-refractivity contribution in [2.45, 2.75) is 12.3 Å². The topological polar surface area (TPSA) is 44.8 Å². The van der Waals surface area contributed by atoms with Gasteiger partial charge in [-0.2, -0.15) is 0 Å². The van der Waals surface area contributed by atoms with Crippen LogP contribution >= 0.6 is 0 Å². The van der Waals surface area contributed by atoms with E-state index in [-0.39, 0.29) is 11.9 Å². The lowest BCUT2D eigenvalue weighted by atomic mass is 9.88. The molecule has 1 atom stereocenters. The summed E-state index contributed by atoms with van der Waals surface area (Å²) in [5.41, 5.74) is 0.938. The smallest absolute Gasteiger partial charge is 0.313 e. The Bertz CT molecular complexity index is 412. The van der Waals surface area contributed by atoms with Gasteiger partial charge in [0, 0.05) is 5.92 Å². The highest BCUT2D eigenvalue weighted by Crippen LogP contribution is 2.30. The Morgan fingerprint density at radius 1 is 1.44 bits per heavy atom. The van der Waals surface area contributed by atoms with Crippen LogP contribution in [0.5, 0.6) is 5.75 Å². The predicted octanol–water partition coefficient (Wildman–Crippen LogP) is 1.99. The standard InChI is InChI=1S/C14H18O4/c1-16-12-5-3-4-11(7-12)13(14(15)17-2)6-10-8-18-9-10/h3-5,7,10,13H,6,8-9H2,1-2H3. The van der Waals surface area contributed by atoms with Gasteiger partial charge in [-0.1, -0.05) is 12.1 Å². The predicted molar refractivity (Wildman–Crippen MR) is 66.7 cm³/mol. The van der Waals surface area contributed by atoms with E-state index in [2.05, 4.69) is 0 Å². The lowest BCUT2D eigenvalue weighted by Gasteiger charge is -2.29. The minimum absolute atomic E-state index is 0.199. The van der Waals surface area contributed by atoms with Gasteiger partial charge in [0.05, 0.1) is 33.4 Å². The Balaban J connectivity index is 2.17. The van der Waals surface area contributed by atoms with Crippen molar-refractivity contribution in [1.82, 2.24) is 0 Å². The van der Waals surface area contributed by atoms with Crippen molar-refractivity contribution in [3.63, 3.8) is 0 Å². The van der Waals surface area contributed by atoms with Gasteiger partial charge in [0.2, 0.25) is 0 Å². The fourth-order valence-corrected chi connectivity index (χ4v) is 2.12. The first-order valence-corrected chi connectivity index (χ1v) is 6.04. The van der Waals surface area contributed by atoms with Gasteiger partial charge >= 0.3 is 5.97 Å². The Hall–Kier alpha value is -1.55. The summed E-state index contributed by atoms with van der Waals surface area (Å²) in [7, 11) is 3.04. The third-order valence-corrected chi connectivity index (χ3v) is 3.26. The molecule has 0 radical (unpaired) electrons. The molecule has 1 aromatic rings. The number of ether oxygens (including phenoxy) is 3. The van der Waals surface area contributed by atoms with Gasteiger partial charge in [0.15, 0.2) is 0 Å². The molecule has 98 valence electrons. The summed E-state index contributed by atoms with van der Waals surface area (Å²) in [6.45, 7) is 1.47. The summed E-state index contributed by atoms with van der Waals surface area (Å²) in [5, 5.41) is 0. The second kappa shape index (κ2) is 5.87. The molecule has 1 saturated heterocycles. The summed E-state index contributed by atoms with van der Waals surface area (Å²) in [6, 6.07) is 7.58. The van der Waals surface area contributed by atoms with E-state index in [1.165, 1.54) is 7.11 Å². The lowest BCUT2D eigenvalue weighted by molar-refractivity contribution is -0.144. The second-order valence-corrected chi connectivity index (χ2v) is 4.49. The van der Waals surface area contributed by atoms with Crippen LogP contribution in [0.2, 0.25) is 0 Å². The Labute approximate surface area is 107 Å². The third kappa shape index (κ3) is 2.82. The quantitative estimate of drug-likeness (QED) is 0.750. The molecule has 1 unspecified atom stereocenters. The molecule has 18 heavy (non-hydrogen) atoms. The van der Waals surface area contributed by atoms with E-state index in [1.54, 1.807) is 7.11 Å². The van der Waals surface area contributed by atoms with E-state index in [4.69, 9.17) is 14.2 Å². The largest absolute Gasteiger partial charge is 0.497 e. The van der Waals surface area contributed by atoms with Gasteiger partial charge in [-0.15, -0.1) is 0 Å². The first-order chi connectivity index (χ1) is 8.74. The van der Waals surface area contributed by atoms with Crippen LogP contribution in [0, 0.1) is 5.92 Å². The number of rotatable bonds is 5. The van der Waals surface area contributed by atoms with E-state index < -0.39 is 0 Å². The molecule has 0 amide bonds. The number of hydrogen-bond acceptors (Lipinski definition) is 4. The summed E-state index contributed by atoms with van der Waals surface area (Å²) in [6.07, 6.45) is 0.764. The molecule has 1 fully saturated rings. The molecule has 1 aromatic carbocycles. The summed E-state index contributed by atoms with van der Waals surface area (Å²) in [4.78, 5) is 11.9. The molecule has 2 rings (SSSR count). The van der Waals surface area contributed by atoms with E-state index >= 15 is 0 Å². The molecule has 0 N–H and O–H groups in total. The first-order valence-electron chi connectivity index (χ1n) is 6.04. The Kier molecular flexibility index (Phi) is 4.20. The SMILES string of the molecule is COC(=O)C(CC1COC1)c1cccc(OC)c1. The van der Waals surface area contributed by atoms with E-state index in [0.29, 0.717) is 5.92 Å². The number of carbonyl (C=O) groups excluding carboxylic acids is 1. The van der Waals surface area contributed by atoms with Crippen molar-refractivity contribution in [2.24, 2.45) is 5.92 Å². The second-order valence-electron chi connectivity index (χ2n) is 4.49. The molecule has 0 aliphatic carbocycles. The number of methoxy groups -OCH3 is 2. The third-order valence-electron chi connectivity index (χ3n) is 3.26. The highest BCUT2D eigenvalue weighted by atomic mass is 16.5. The number of benzene rings is 1. The van der Waals surface area contributed by atoms with E-state index in [0.717, 1.165) is 30.9 Å². The van der Waals surface area contributed by atoms with Gasteiger partial charge in [0.25, 0.3) is 0 Å². The van der Waals surface area contributed by atoms with Gasteiger partial charge in [-0.25, -0.2) is 0 Å². The van der Waals surface area contributed by atoms with E-state index in [9.17, 15) is 4.79 Å². The molecule has 4 heteroatoms. The van der Waals surface area contributed by atoms with E-state index in [1.807, 2.05) is 24.3 Å². The first kappa shape index (κ1) is 12.9.